The summed E-state index contributed by atoms with van der Waals surface area (Å²) in [4.78, 5) is 54.0. The number of carbonyl (C=O) groups is 4. The van der Waals surface area contributed by atoms with Crippen molar-refractivity contribution in [3.63, 3.8) is 0 Å². The first-order chi connectivity index (χ1) is 17.0. The molecule has 0 bridgehead atoms. The van der Waals surface area contributed by atoms with Gasteiger partial charge in [0.05, 0.1) is 18.4 Å². The first kappa shape index (κ1) is 24.8. The summed E-state index contributed by atoms with van der Waals surface area (Å²) in [7, 11) is 0. The van der Waals surface area contributed by atoms with E-state index in [1.165, 1.54) is 0 Å². The molecule has 0 spiro atoms. The minimum atomic E-state index is -0.425. The van der Waals surface area contributed by atoms with Gasteiger partial charge in [-0.3, -0.25) is 19.2 Å². The number of likely N-dealkylation sites (tertiary alicyclic amines) is 2. The normalized spacial score (nSPS) is 18.7. The van der Waals surface area contributed by atoms with Gasteiger partial charge in [-0.15, -0.1) is 10.2 Å². The fraction of sp³-hybridized carbons (Fsp3) is 0.500. The zero-order chi connectivity index (χ0) is 24.8. The lowest BCUT2D eigenvalue weighted by Crippen LogP contribution is -2.49. The van der Waals surface area contributed by atoms with Crippen LogP contribution in [0.15, 0.2) is 30.3 Å². The highest BCUT2D eigenvalue weighted by Gasteiger charge is 2.35. The van der Waals surface area contributed by atoms with Crippen molar-refractivity contribution < 1.29 is 23.9 Å². The number of piperidine rings is 2. The molecule has 0 saturated carbocycles. The zero-order valence-corrected chi connectivity index (χ0v) is 20.5. The molecule has 2 aromatic rings. The van der Waals surface area contributed by atoms with E-state index < -0.39 is 5.91 Å². The summed E-state index contributed by atoms with van der Waals surface area (Å²) in [6.07, 6.45) is 2.61. The molecule has 3 amide bonds. The molecule has 1 aromatic carbocycles. The van der Waals surface area contributed by atoms with Crippen LogP contribution in [0.25, 0.3) is 0 Å². The number of benzene rings is 1. The van der Waals surface area contributed by atoms with Crippen molar-refractivity contribution in [2.45, 2.75) is 32.6 Å². The van der Waals surface area contributed by atoms with Crippen LogP contribution in [0.2, 0.25) is 0 Å². The van der Waals surface area contributed by atoms with Gasteiger partial charge in [0.2, 0.25) is 15.9 Å². The second-order valence-electron chi connectivity index (χ2n) is 8.67. The molecule has 186 valence electrons. The monoisotopic (exact) mass is 499 g/mol. The quantitative estimate of drug-likeness (QED) is 0.606. The lowest BCUT2D eigenvalue weighted by atomic mass is 9.93. The molecule has 2 fully saturated rings. The Morgan fingerprint density at radius 3 is 2.40 bits per heavy atom. The van der Waals surface area contributed by atoms with E-state index in [9.17, 15) is 19.2 Å². The Bertz CT molecular complexity index is 1070. The first-order valence-corrected chi connectivity index (χ1v) is 12.7. The maximum atomic E-state index is 13.1. The Kier molecular flexibility index (Phi) is 8.06. The predicted molar refractivity (Wildman–Crippen MR) is 129 cm³/mol. The van der Waals surface area contributed by atoms with Crippen LogP contribution in [-0.4, -0.2) is 76.5 Å². The standard InChI is InChI=1S/C24H29N5O5S/c1-2-34-24(33)16-10-13-28(14-11-16)22(31)17-7-6-12-29(15-17)23(32)21-27-26-20(35-21)19(30)25-18-8-4-3-5-9-18/h3-5,8-9,16-17H,2,6-7,10-15H2,1H3,(H,25,30). The van der Waals surface area contributed by atoms with E-state index in [1.54, 1.807) is 41.0 Å². The Balaban J connectivity index is 1.32. The number of hydrogen-bond acceptors (Lipinski definition) is 8. The van der Waals surface area contributed by atoms with Gasteiger partial charge in [-0.05, 0) is 44.7 Å². The third-order valence-corrected chi connectivity index (χ3v) is 7.23. The molecule has 2 aliphatic rings. The highest BCUT2D eigenvalue weighted by Crippen LogP contribution is 2.25. The van der Waals surface area contributed by atoms with Crippen LogP contribution in [0.3, 0.4) is 0 Å². The molecule has 0 aliphatic carbocycles. The molecule has 1 aromatic heterocycles. The van der Waals surface area contributed by atoms with Crippen molar-refractivity contribution in [2.75, 3.05) is 38.1 Å². The van der Waals surface area contributed by atoms with Gasteiger partial charge in [0.15, 0.2) is 0 Å². The molecule has 1 atom stereocenters. The van der Waals surface area contributed by atoms with Crippen molar-refractivity contribution in [1.29, 1.82) is 0 Å². The maximum absolute atomic E-state index is 13.1. The van der Waals surface area contributed by atoms with Crippen molar-refractivity contribution in [2.24, 2.45) is 11.8 Å². The van der Waals surface area contributed by atoms with Gasteiger partial charge in [-0.2, -0.15) is 0 Å². The molecule has 3 heterocycles. The van der Waals surface area contributed by atoms with E-state index >= 15 is 0 Å². The molecule has 2 saturated heterocycles. The Morgan fingerprint density at radius 2 is 1.69 bits per heavy atom. The van der Waals surface area contributed by atoms with Crippen molar-refractivity contribution >= 4 is 40.7 Å². The third kappa shape index (κ3) is 6.02. The van der Waals surface area contributed by atoms with Crippen LogP contribution >= 0.6 is 11.3 Å². The summed E-state index contributed by atoms with van der Waals surface area (Å²) < 4.78 is 5.10. The summed E-state index contributed by atoms with van der Waals surface area (Å²) in [6.45, 7) is 4.01. The lowest BCUT2D eigenvalue weighted by molar-refractivity contribution is -0.152. The number of para-hydroxylation sites is 1. The van der Waals surface area contributed by atoms with E-state index in [-0.39, 0.29) is 39.6 Å². The second kappa shape index (κ2) is 11.4. The van der Waals surface area contributed by atoms with E-state index in [0.29, 0.717) is 64.2 Å². The van der Waals surface area contributed by atoms with Gasteiger partial charge < -0.3 is 19.9 Å². The van der Waals surface area contributed by atoms with Gasteiger partial charge in [0.1, 0.15) is 0 Å². The average molecular weight is 500 g/mol. The van der Waals surface area contributed by atoms with Crippen molar-refractivity contribution in [3.05, 3.63) is 40.3 Å². The number of nitrogens with one attached hydrogen (secondary N) is 1. The molecular formula is C24H29N5O5S. The zero-order valence-electron chi connectivity index (χ0n) is 19.6. The Labute approximate surface area is 207 Å². The van der Waals surface area contributed by atoms with E-state index in [4.69, 9.17) is 4.74 Å². The summed E-state index contributed by atoms with van der Waals surface area (Å²) in [6, 6.07) is 8.98. The number of carbonyl (C=O) groups excluding carboxylic acids is 4. The van der Waals surface area contributed by atoms with Gasteiger partial charge in [0, 0.05) is 31.9 Å². The van der Waals surface area contributed by atoms with Crippen molar-refractivity contribution in [3.8, 4) is 0 Å². The molecule has 2 aliphatic heterocycles. The summed E-state index contributed by atoms with van der Waals surface area (Å²) in [5, 5.41) is 10.8. The molecule has 1 unspecified atom stereocenters. The predicted octanol–water partition coefficient (Wildman–Crippen LogP) is 2.44. The summed E-state index contributed by atoms with van der Waals surface area (Å²) in [5.41, 5.74) is 0.629. The maximum Gasteiger partial charge on any atom is 0.309 e. The number of nitrogens with zero attached hydrogens (tertiary/aromatic N) is 4. The largest absolute Gasteiger partial charge is 0.466 e. The Hall–Kier alpha value is -3.34. The van der Waals surface area contributed by atoms with E-state index in [2.05, 4.69) is 15.5 Å². The van der Waals surface area contributed by atoms with Crippen LogP contribution in [-0.2, 0) is 14.3 Å². The van der Waals surface area contributed by atoms with Crippen LogP contribution in [0, 0.1) is 11.8 Å². The van der Waals surface area contributed by atoms with Crippen LogP contribution in [0.1, 0.15) is 52.2 Å². The SMILES string of the molecule is CCOC(=O)C1CCN(C(=O)C2CCCN(C(=O)c3nnc(C(=O)Nc4ccccc4)s3)C2)CC1. The number of esters is 1. The molecule has 1 N–H and O–H groups in total. The fourth-order valence-electron chi connectivity index (χ4n) is 4.46. The number of hydrogen-bond donors (Lipinski definition) is 1. The highest BCUT2D eigenvalue weighted by molar-refractivity contribution is 7.15. The number of ether oxygens (including phenoxy) is 1. The summed E-state index contributed by atoms with van der Waals surface area (Å²) >= 11 is 0.942. The lowest BCUT2D eigenvalue weighted by Gasteiger charge is -2.37. The van der Waals surface area contributed by atoms with Gasteiger partial charge >= 0.3 is 5.97 Å². The molecule has 4 rings (SSSR count). The third-order valence-electron chi connectivity index (χ3n) is 6.32. The molecule has 11 heteroatoms. The molecule has 0 radical (unpaired) electrons. The van der Waals surface area contributed by atoms with Gasteiger partial charge in [-0.1, -0.05) is 29.5 Å². The molecule has 10 nitrogen and oxygen atoms in total. The smallest absolute Gasteiger partial charge is 0.309 e. The number of rotatable bonds is 6. The van der Waals surface area contributed by atoms with E-state index in [0.717, 1.165) is 11.3 Å². The fourth-order valence-corrected chi connectivity index (χ4v) is 5.17. The molecular weight excluding hydrogens is 470 g/mol. The number of anilines is 1. The van der Waals surface area contributed by atoms with Crippen LogP contribution in [0.4, 0.5) is 5.69 Å². The minimum Gasteiger partial charge on any atom is -0.466 e. The van der Waals surface area contributed by atoms with Gasteiger partial charge in [-0.25, -0.2) is 0 Å². The Morgan fingerprint density at radius 1 is 0.971 bits per heavy atom. The molecule has 35 heavy (non-hydrogen) atoms. The number of aromatic nitrogens is 2. The highest BCUT2D eigenvalue weighted by atomic mass is 32.1. The minimum absolute atomic E-state index is 0.0185. The van der Waals surface area contributed by atoms with Crippen LogP contribution < -0.4 is 5.32 Å². The second-order valence-corrected chi connectivity index (χ2v) is 9.65. The van der Waals surface area contributed by atoms with Crippen LogP contribution in [0.5, 0.6) is 0 Å². The first-order valence-electron chi connectivity index (χ1n) is 11.9. The van der Waals surface area contributed by atoms with Gasteiger partial charge in [0.25, 0.3) is 11.8 Å². The average Bonchev–Trinajstić information content (AvgIpc) is 3.39. The number of amides is 3. The topological polar surface area (TPSA) is 122 Å². The van der Waals surface area contributed by atoms with Crippen molar-refractivity contribution in [1.82, 2.24) is 20.0 Å². The van der Waals surface area contributed by atoms with E-state index in [1.807, 2.05) is 6.07 Å². The summed E-state index contributed by atoms with van der Waals surface area (Å²) in [5.74, 6) is -1.37.